The van der Waals surface area contributed by atoms with Gasteiger partial charge in [-0.3, -0.25) is 0 Å². The van der Waals surface area contributed by atoms with Crippen molar-refractivity contribution >= 4 is 5.97 Å². The highest BCUT2D eigenvalue weighted by atomic mass is 16.5. The zero-order valence-electron chi connectivity index (χ0n) is 5.62. The largest absolute Gasteiger partial charge is 0.478 e. The second-order valence-corrected chi connectivity index (χ2v) is 2.25. The number of ether oxygens (including phenoxy) is 1. The van der Waals surface area contributed by atoms with E-state index in [1.165, 1.54) is 0 Å². The molecule has 0 saturated carbocycles. The summed E-state index contributed by atoms with van der Waals surface area (Å²) in [4.78, 5) is 10.0. The predicted molar refractivity (Wildman–Crippen MR) is 35.7 cm³/mol. The predicted octanol–water partition coefficient (Wildman–Crippen LogP) is 0.806. The summed E-state index contributed by atoms with van der Waals surface area (Å²) < 4.78 is 5.15. The van der Waals surface area contributed by atoms with Gasteiger partial charge in [-0.25, -0.2) is 4.79 Å². The molecule has 1 heterocycles. The topological polar surface area (TPSA) is 46.5 Å². The van der Waals surface area contributed by atoms with Crippen LogP contribution in [-0.4, -0.2) is 23.8 Å². The maximum Gasteiger partial charge on any atom is 0.328 e. The van der Waals surface area contributed by atoms with E-state index in [9.17, 15) is 4.79 Å². The average molecular weight is 142 g/mol. The van der Waals surface area contributed by atoms with Crippen LogP contribution in [0.25, 0.3) is 0 Å². The standard InChI is InChI=1S/C7H10O3/c8-7(9)4-3-6-2-1-5-10-6/h3-4,6H,1-2,5H2,(H,8,9). The Bertz CT molecular complexity index is 145. The van der Waals surface area contributed by atoms with E-state index in [-0.39, 0.29) is 6.10 Å². The molecule has 56 valence electrons. The van der Waals surface area contributed by atoms with Crippen molar-refractivity contribution < 1.29 is 14.6 Å². The summed E-state index contributed by atoms with van der Waals surface area (Å²) in [6.45, 7) is 0.759. The Balaban J connectivity index is 2.29. The van der Waals surface area contributed by atoms with Crippen molar-refractivity contribution in [1.29, 1.82) is 0 Å². The first-order chi connectivity index (χ1) is 4.79. The van der Waals surface area contributed by atoms with E-state index in [0.29, 0.717) is 0 Å². The molecule has 0 amide bonds. The molecule has 0 aliphatic carbocycles. The van der Waals surface area contributed by atoms with Crippen LogP contribution in [0.2, 0.25) is 0 Å². The molecule has 3 nitrogen and oxygen atoms in total. The Kier molecular flexibility index (Phi) is 2.45. The number of hydrogen-bond donors (Lipinski definition) is 1. The number of rotatable bonds is 2. The quantitative estimate of drug-likeness (QED) is 0.580. The molecule has 1 unspecified atom stereocenters. The van der Waals surface area contributed by atoms with Gasteiger partial charge in [-0.15, -0.1) is 0 Å². The first-order valence-electron chi connectivity index (χ1n) is 3.32. The average Bonchev–Trinajstić information content (AvgIpc) is 2.34. The SMILES string of the molecule is O=C(O)C=CC1CCCO1. The summed E-state index contributed by atoms with van der Waals surface area (Å²) in [5, 5.41) is 8.23. The molecular weight excluding hydrogens is 132 g/mol. The van der Waals surface area contributed by atoms with Crippen molar-refractivity contribution in [3.63, 3.8) is 0 Å². The minimum atomic E-state index is -0.907. The lowest BCUT2D eigenvalue weighted by atomic mass is 10.2. The molecule has 0 aromatic heterocycles. The maximum atomic E-state index is 10.0. The van der Waals surface area contributed by atoms with Gasteiger partial charge >= 0.3 is 5.97 Å². The molecule has 1 aliphatic heterocycles. The molecule has 10 heavy (non-hydrogen) atoms. The molecule has 0 spiro atoms. The first kappa shape index (κ1) is 7.28. The minimum absolute atomic E-state index is 0.0381. The highest BCUT2D eigenvalue weighted by molar-refractivity contribution is 5.79. The van der Waals surface area contributed by atoms with Crippen LogP contribution in [0.5, 0.6) is 0 Å². The van der Waals surface area contributed by atoms with E-state index >= 15 is 0 Å². The molecule has 0 aromatic rings. The Hall–Kier alpha value is -0.830. The normalized spacial score (nSPS) is 25.8. The van der Waals surface area contributed by atoms with Crippen LogP contribution in [-0.2, 0) is 9.53 Å². The van der Waals surface area contributed by atoms with E-state index in [1.807, 2.05) is 0 Å². The number of aliphatic carboxylic acids is 1. The molecule has 1 N–H and O–H groups in total. The molecule has 1 saturated heterocycles. The van der Waals surface area contributed by atoms with Crippen LogP contribution in [0.1, 0.15) is 12.8 Å². The lowest BCUT2D eigenvalue weighted by Crippen LogP contribution is -2.00. The molecule has 0 aromatic carbocycles. The summed E-state index contributed by atoms with van der Waals surface area (Å²) in [5.74, 6) is -0.907. The minimum Gasteiger partial charge on any atom is -0.478 e. The third-order valence-corrected chi connectivity index (χ3v) is 1.42. The Morgan fingerprint density at radius 1 is 1.70 bits per heavy atom. The summed E-state index contributed by atoms with van der Waals surface area (Å²) in [5.41, 5.74) is 0. The van der Waals surface area contributed by atoms with Crippen molar-refractivity contribution in [2.45, 2.75) is 18.9 Å². The summed E-state index contributed by atoms with van der Waals surface area (Å²) in [7, 11) is 0. The second kappa shape index (κ2) is 3.37. The van der Waals surface area contributed by atoms with E-state index in [0.717, 1.165) is 25.5 Å². The zero-order chi connectivity index (χ0) is 7.40. The summed E-state index contributed by atoms with van der Waals surface area (Å²) in [6, 6.07) is 0. The van der Waals surface area contributed by atoms with Gasteiger partial charge in [0.25, 0.3) is 0 Å². The van der Waals surface area contributed by atoms with Gasteiger partial charge in [0, 0.05) is 12.7 Å². The van der Waals surface area contributed by atoms with Crippen LogP contribution < -0.4 is 0 Å². The highest BCUT2D eigenvalue weighted by Crippen LogP contribution is 2.12. The number of carbonyl (C=O) groups is 1. The molecule has 1 aliphatic rings. The fourth-order valence-electron chi connectivity index (χ4n) is 0.944. The first-order valence-corrected chi connectivity index (χ1v) is 3.32. The molecule has 0 bridgehead atoms. The monoisotopic (exact) mass is 142 g/mol. The summed E-state index contributed by atoms with van der Waals surface area (Å²) in [6.07, 6.45) is 4.75. The van der Waals surface area contributed by atoms with Crippen LogP contribution >= 0.6 is 0 Å². The highest BCUT2D eigenvalue weighted by Gasteiger charge is 2.11. The van der Waals surface area contributed by atoms with Gasteiger partial charge < -0.3 is 9.84 Å². The molecule has 1 rings (SSSR count). The number of carboxylic acids is 1. The van der Waals surface area contributed by atoms with Gasteiger partial charge in [0.1, 0.15) is 0 Å². The fraction of sp³-hybridized carbons (Fsp3) is 0.571. The van der Waals surface area contributed by atoms with Crippen LogP contribution in [0.3, 0.4) is 0 Å². The van der Waals surface area contributed by atoms with Crippen LogP contribution in [0.15, 0.2) is 12.2 Å². The maximum absolute atomic E-state index is 10.0. The lowest BCUT2D eigenvalue weighted by molar-refractivity contribution is -0.131. The Morgan fingerprint density at radius 3 is 3.00 bits per heavy atom. The zero-order valence-corrected chi connectivity index (χ0v) is 5.62. The van der Waals surface area contributed by atoms with E-state index in [1.54, 1.807) is 6.08 Å². The van der Waals surface area contributed by atoms with Crippen molar-refractivity contribution in [2.24, 2.45) is 0 Å². The van der Waals surface area contributed by atoms with Gasteiger partial charge in [-0.2, -0.15) is 0 Å². The van der Waals surface area contributed by atoms with Crippen molar-refractivity contribution in [3.8, 4) is 0 Å². The number of carboxylic acid groups (broad SMARTS) is 1. The van der Waals surface area contributed by atoms with E-state index in [4.69, 9.17) is 9.84 Å². The molecule has 1 fully saturated rings. The summed E-state index contributed by atoms with van der Waals surface area (Å²) >= 11 is 0. The second-order valence-electron chi connectivity index (χ2n) is 2.25. The Morgan fingerprint density at radius 2 is 2.50 bits per heavy atom. The van der Waals surface area contributed by atoms with Gasteiger partial charge in [0.15, 0.2) is 0 Å². The van der Waals surface area contributed by atoms with Gasteiger partial charge in [-0.05, 0) is 18.9 Å². The lowest BCUT2D eigenvalue weighted by Gasteiger charge is -1.98. The van der Waals surface area contributed by atoms with Crippen molar-refractivity contribution in [2.75, 3.05) is 6.61 Å². The molecular formula is C7H10O3. The molecule has 0 radical (unpaired) electrons. The Labute approximate surface area is 59.3 Å². The molecule has 1 atom stereocenters. The third-order valence-electron chi connectivity index (χ3n) is 1.42. The van der Waals surface area contributed by atoms with Gasteiger partial charge in [0.05, 0.1) is 6.10 Å². The third kappa shape index (κ3) is 2.19. The van der Waals surface area contributed by atoms with Gasteiger partial charge in [-0.1, -0.05) is 0 Å². The van der Waals surface area contributed by atoms with E-state index < -0.39 is 5.97 Å². The smallest absolute Gasteiger partial charge is 0.328 e. The molecule has 3 heteroatoms. The van der Waals surface area contributed by atoms with Crippen molar-refractivity contribution in [3.05, 3.63) is 12.2 Å². The van der Waals surface area contributed by atoms with Crippen LogP contribution in [0, 0.1) is 0 Å². The van der Waals surface area contributed by atoms with Gasteiger partial charge in [0.2, 0.25) is 0 Å². The number of hydrogen-bond acceptors (Lipinski definition) is 2. The van der Waals surface area contributed by atoms with E-state index in [2.05, 4.69) is 0 Å². The van der Waals surface area contributed by atoms with Crippen LogP contribution in [0.4, 0.5) is 0 Å². The fourth-order valence-corrected chi connectivity index (χ4v) is 0.944. The van der Waals surface area contributed by atoms with Crippen molar-refractivity contribution in [1.82, 2.24) is 0 Å².